The highest BCUT2D eigenvalue weighted by atomic mass is 79.9. The van der Waals surface area contributed by atoms with Crippen LogP contribution in [0.5, 0.6) is 0 Å². The molecule has 0 aliphatic carbocycles. The second-order valence-electron chi connectivity index (χ2n) is 7.63. The summed E-state index contributed by atoms with van der Waals surface area (Å²) >= 11 is 15.2. The van der Waals surface area contributed by atoms with Gasteiger partial charge in [-0.2, -0.15) is 0 Å². The maximum Gasteiger partial charge on any atom is 0.410 e. The molecule has 156 valence electrons. The number of fused-ring (bicyclic) bond motifs is 1. The minimum absolute atomic E-state index is 0.0171. The Kier molecular flexibility index (Phi) is 5.70. The van der Waals surface area contributed by atoms with Gasteiger partial charge in [-0.25, -0.2) is 19.2 Å². The summed E-state index contributed by atoms with van der Waals surface area (Å²) in [6.07, 6.45) is -0.589. The number of halogens is 4. The van der Waals surface area contributed by atoms with E-state index in [4.69, 9.17) is 32.7 Å². The molecule has 0 N–H and O–H groups in total. The molecular formula is C18H17BrCl2FN3O4. The number of rotatable bonds is 2. The molecule has 1 aromatic carbocycles. The average molecular weight is 509 g/mol. The topological polar surface area (TPSA) is 81.6 Å². The number of amides is 1. The van der Waals surface area contributed by atoms with Gasteiger partial charge in [0.2, 0.25) is 5.28 Å². The lowest BCUT2D eigenvalue weighted by atomic mass is 9.75. The van der Waals surface area contributed by atoms with Crippen molar-refractivity contribution < 1.29 is 23.5 Å². The van der Waals surface area contributed by atoms with Crippen molar-refractivity contribution >= 4 is 62.1 Å². The number of ether oxygens (including phenoxy) is 2. The Bertz CT molecular complexity index is 1020. The van der Waals surface area contributed by atoms with Crippen molar-refractivity contribution in [2.45, 2.75) is 31.8 Å². The van der Waals surface area contributed by atoms with Crippen molar-refractivity contribution in [1.82, 2.24) is 14.9 Å². The van der Waals surface area contributed by atoms with Crippen molar-refractivity contribution in [2.24, 2.45) is 0 Å². The maximum absolute atomic E-state index is 14.7. The smallest absolute Gasteiger partial charge is 0.410 e. The first kappa shape index (κ1) is 22.0. The van der Waals surface area contributed by atoms with Crippen LogP contribution in [0.3, 0.4) is 0 Å². The minimum atomic E-state index is -1.36. The van der Waals surface area contributed by atoms with E-state index in [0.717, 1.165) is 0 Å². The van der Waals surface area contributed by atoms with E-state index >= 15 is 0 Å². The summed E-state index contributed by atoms with van der Waals surface area (Å²) in [5.41, 5.74) is -2.03. The molecule has 7 nitrogen and oxygen atoms in total. The Morgan fingerprint density at radius 1 is 1.28 bits per heavy atom. The van der Waals surface area contributed by atoms with Gasteiger partial charge >= 0.3 is 12.1 Å². The molecule has 1 amide bonds. The molecule has 0 spiro atoms. The van der Waals surface area contributed by atoms with E-state index in [1.54, 1.807) is 20.8 Å². The summed E-state index contributed by atoms with van der Waals surface area (Å²) in [4.78, 5) is 34.5. The molecule has 0 unspecified atom stereocenters. The van der Waals surface area contributed by atoms with Crippen LogP contribution in [0.25, 0.3) is 10.9 Å². The third-order valence-electron chi connectivity index (χ3n) is 4.40. The van der Waals surface area contributed by atoms with E-state index in [1.165, 1.54) is 18.1 Å². The number of carbonyl (C=O) groups is 2. The predicted molar refractivity (Wildman–Crippen MR) is 109 cm³/mol. The number of esters is 1. The van der Waals surface area contributed by atoms with Gasteiger partial charge in [0.1, 0.15) is 16.5 Å². The molecule has 1 aromatic heterocycles. The summed E-state index contributed by atoms with van der Waals surface area (Å²) in [5, 5.41) is 0.0273. The van der Waals surface area contributed by atoms with Gasteiger partial charge in [0.15, 0.2) is 5.82 Å². The van der Waals surface area contributed by atoms with Crippen LogP contribution in [-0.4, -0.2) is 52.7 Å². The summed E-state index contributed by atoms with van der Waals surface area (Å²) < 4.78 is 25.0. The Labute approximate surface area is 184 Å². The number of nitrogens with zero attached hydrogens (tertiary/aromatic N) is 3. The first-order valence-corrected chi connectivity index (χ1v) is 10.0. The van der Waals surface area contributed by atoms with E-state index in [2.05, 4.69) is 25.9 Å². The molecule has 29 heavy (non-hydrogen) atoms. The van der Waals surface area contributed by atoms with Crippen molar-refractivity contribution in [1.29, 1.82) is 0 Å². The van der Waals surface area contributed by atoms with Gasteiger partial charge in [-0.05, 0) is 54.4 Å². The molecule has 1 aliphatic rings. The number of carbonyl (C=O) groups excluding carboxylic acids is 2. The molecular weight excluding hydrogens is 492 g/mol. The Balaban J connectivity index is 2.12. The lowest BCUT2D eigenvalue weighted by Crippen LogP contribution is -2.66. The van der Waals surface area contributed by atoms with Crippen LogP contribution in [0.2, 0.25) is 10.3 Å². The van der Waals surface area contributed by atoms with E-state index in [0.29, 0.717) is 0 Å². The van der Waals surface area contributed by atoms with E-state index in [-0.39, 0.29) is 44.5 Å². The third kappa shape index (κ3) is 3.87. The quantitative estimate of drug-likeness (QED) is 0.337. The number of hydrogen-bond acceptors (Lipinski definition) is 6. The van der Waals surface area contributed by atoms with Gasteiger partial charge in [0.05, 0.1) is 22.3 Å². The molecule has 0 radical (unpaired) electrons. The number of aromatic nitrogens is 2. The molecule has 3 rings (SSSR count). The first-order valence-electron chi connectivity index (χ1n) is 8.47. The lowest BCUT2D eigenvalue weighted by Gasteiger charge is -2.47. The highest BCUT2D eigenvalue weighted by Crippen LogP contribution is 2.42. The average Bonchev–Trinajstić information content (AvgIpc) is 2.58. The van der Waals surface area contributed by atoms with Crippen LogP contribution >= 0.6 is 39.1 Å². The van der Waals surface area contributed by atoms with Crippen LogP contribution in [0, 0.1) is 5.82 Å². The molecule has 2 heterocycles. The van der Waals surface area contributed by atoms with Crippen molar-refractivity contribution in [2.75, 3.05) is 20.2 Å². The van der Waals surface area contributed by atoms with Crippen molar-refractivity contribution in [3.63, 3.8) is 0 Å². The number of methoxy groups -OCH3 is 1. The lowest BCUT2D eigenvalue weighted by molar-refractivity contribution is -0.154. The second kappa shape index (κ2) is 7.52. The minimum Gasteiger partial charge on any atom is -0.468 e. The normalized spacial score (nSPS) is 15.8. The molecule has 1 fully saturated rings. The van der Waals surface area contributed by atoms with Crippen LogP contribution in [-0.2, 0) is 19.7 Å². The highest BCUT2D eigenvalue weighted by Gasteiger charge is 2.56. The van der Waals surface area contributed by atoms with Crippen LogP contribution in [0.4, 0.5) is 9.18 Å². The Morgan fingerprint density at radius 3 is 2.45 bits per heavy atom. The van der Waals surface area contributed by atoms with Gasteiger partial charge in [0, 0.05) is 18.5 Å². The zero-order valence-electron chi connectivity index (χ0n) is 16.0. The third-order valence-corrected chi connectivity index (χ3v) is 5.87. The zero-order chi connectivity index (χ0) is 21.7. The number of likely N-dealkylation sites (tertiary alicyclic amines) is 1. The van der Waals surface area contributed by atoms with Crippen LogP contribution in [0.1, 0.15) is 26.5 Å². The molecule has 0 saturated carbocycles. The number of benzene rings is 1. The SMILES string of the molecule is COC(=O)C1(c2nc(Cl)nc3c(F)c(Br)c(Cl)cc23)CN(C(=O)OC(C)(C)C)C1. The number of hydrogen-bond donors (Lipinski definition) is 0. The van der Waals surface area contributed by atoms with Crippen LogP contribution < -0.4 is 0 Å². The fourth-order valence-electron chi connectivity index (χ4n) is 3.14. The Morgan fingerprint density at radius 2 is 1.90 bits per heavy atom. The largest absolute Gasteiger partial charge is 0.468 e. The molecule has 1 aliphatic heterocycles. The molecule has 1 saturated heterocycles. The van der Waals surface area contributed by atoms with Gasteiger partial charge < -0.3 is 14.4 Å². The van der Waals surface area contributed by atoms with E-state index in [9.17, 15) is 14.0 Å². The fourth-order valence-corrected chi connectivity index (χ4v) is 3.80. The van der Waals surface area contributed by atoms with Gasteiger partial charge in [-0.15, -0.1) is 0 Å². The van der Waals surface area contributed by atoms with Gasteiger partial charge in [0.25, 0.3) is 0 Å². The Hall–Kier alpha value is -1.71. The first-order chi connectivity index (χ1) is 13.4. The maximum atomic E-state index is 14.7. The summed E-state index contributed by atoms with van der Waals surface area (Å²) in [5.74, 6) is -1.38. The van der Waals surface area contributed by atoms with Crippen molar-refractivity contribution in [3.05, 3.63) is 32.4 Å². The molecule has 0 atom stereocenters. The fraction of sp³-hybridized carbons (Fsp3) is 0.444. The van der Waals surface area contributed by atoms with E-state index < -0.39 is 28.9 Å². The summed E-state index contributed by atoms with van der Waals surface area (Å²) in [7, 11) is 1.22. The second-order valence-corrected chi connectivity index (χ2v) is 9.17. The van der Waals surface area contributed by atoms with Gasteiger partial charge in [-0.1, -0.05) is 11.6 Å². The molecule has 11 heteroatoms. The zero-order valence-corrected chi connectivity index (χ0v) is 19.1. The molecule has 2 aromatic rings. The summed E-state index contributed by atoms with van der Waals surface area (Å²) in [6, 6.07) is 1.44. The standard InChI is InChI=1S/C18H17BrCl2FN3O4/c1-17(2,3)29-16(27)25-6-18(7-25,14(26)28-4)13-8-5-9(20)10(19)11(22)12(8)23-15(21)24-13/h5H,6-7H2,1-4H3. The highest BCUT2D eigenvalue weighted by molar-refractivity contribution is 9.10. The van der Waals surface area contributed by atoms with Crippen molar-refractivity contribution in [3.8, 4) is 0 Å². The predicted octanol–water partition coefficient (Wildman–Crippen LogP) is 4.50. The van der Waals surface area contributed by atoms with Crippen LogP contribution in [0.15, 0.2) is 10.5 Å². The summed E-state index contributed by atoms with van der Waals surface area (Å²) in [6.45, 7) is 5.05. The van der Waals surface area contributed by atoms with E-state index in [1.807, 2.05) is 0 Å². The molecule has 0 bridgehead atoms. The van der Waals surface area contributed by atoms with Gasteiger partial charge in [-0.3, -0.25) is 4.79 Å². The monoisotopic (exact) mass is 507 g/mol.